The monoisotopic (exact) mass is 494 g/mol. The first-order chi connectivity index (χ1) is 16.6. The number of rotatable bonds is 4. The molecule has 2 N–H and O–H groups in total. The van der Waals surface area contributed by atoms with Crippen LogP contribution in [0.15, 0.2) is 53.6 Å². The SMILES string of the molecule is Cc1ccc2c(c1)C(=O)N(C)c1cnc(Nc3cccc(S(=O)(=O)N4CC[C@H](O)C4)c3)nc1N2C. The molecule has 182 valence electrons. The van der Waals surface area contributed by atoms with Crippen LogP contribution >= 0.6 is 0 Å². The number of anilines is 5. The van der Waals surface area contributed by atoms with E-state index in [4.69, 9.17) is 0 Å². The molecule has 0 radical (unpaired) electrons. The lowest BCUT2D eigenvalue weighted by Crippen LogP contribution is -2.29. The third kappa shape index (κ3) is 4.11. The Kier molecular flexibility index (Phi) is 5.70. The minimum atomic E-state index is -3.72. The van der Waals surface area contributed by atoms with E-state index in [1.165, 1.54) is 21.3 Å². The van der Waals surface area contributed by atoms with Crippen LogP contribution in [0.4, 0.5) is 28.8 Å². The lowest BCUT2D eigenvalue weighted by molar-refractivity contribution is 0.0994. The molecule has 0 bridgehead atoms. The second-order valence-electron chi connectivity index (χ2n) is 8.80. The molecular formula is C24H26N6O4S. The molecule has 5 rings (SSSR count). The van der Waals surface area contributed by atoms with Gasteiger partial charge in [0.25, 0.3) is 5.91 Å². The Bertz CT molecular complexity index is 1430. The maximum Gasteiger partial charge on any atom is 0.260 e. The first-order valence-electron chi connectivity index (χ1n) is 11.2. The van der Waals surface area contributed by atoms with Crippen LogP contribution in [0.5, 0.6) is 0 Å². The van der Waals surface area contributed by atoms with E-state index in [1.807, 2.05) is 37.1 Å². The number of aryl methyl sites for hydroxylation is 1. The van der Waals surface area contributed by atoms with Gasteiger partial charge in [0.1, 0.15) is 5.69 Å². The standard InChI is InChI=1S/C24H26N6O4S/c1-15-7-8-20-19(11-15)23(32)29(3)21-13-25-24(27-22(21)28(20)2)26-16-5-4-6-18(12-16)35(33,34)30-10-9-17(31)14-30/h4-8,11-13,17,31H,9-10,14H2,1-3H3,(H,25,26,27)/t17-/m0/s1. The van der Waals surface area contributed by atoms with Gasteiger partial charge in [0.05, 0.1) is 28.4 Å². The summed E-state index contributed by atoms with van der Waals surface area (Å²) in [5.74, 6) is 0.650. The molecule has 0 spiro atoms. The number of sulfonamides is 1. The largest absolute Gasteiger partial charge is 0.392 e. The molecule has 10 nitrogen and oxygen atoms in total. The average Bonchev–Trinajstić information content (AvgIpc) is 3.27. The van der Waals surface area contributed by atoms with Crippen LogP contribution in [0.3, 0.4) is 0 Å². The fraction of sp³-hybridized carbons (Fsp3) is 0.292. The number of fused-ring (bicyclic) bond motifs is 2. The predicted octanol–water partition coefficient (Wildman–Crippen LogP) is 2.64. The van der Waals surface area contributed by atoms with Crippen molar-refractivity contribution in [3.63, 3.8) is 0 Å². The van der Waals surface area contributed by atoms with Gasteiger partial charge in [0, 0.05) is 32.9 Å². The van der Waals surface area contributed by atoms with Gasteiger partial charge in [0.15, 0.2) is 5.82 Å². The van der Waals surface area contributed by atoms with Crippen LogP contribution in [-0.2, 0) is 10.0 Å². The average molecular weight is 495 g/mol. The molecule has 1 amide bonds. The molecular weight excluding hydrogens is 468 g/mol. The summed E-state index contributed by atoms with van der Waals surface area (Å²) in [4.78, 5) is 25.6. The smallest absolute Gasteiger partial charge is 0.260 e. The Morgan fingerprint density at radius 2 is 1.89 bits per heavy atom. The maximum absolute atomic E-state index is 13.1. The molecule has 11 heteroatoms. The zero-order chi connectivity index (χ0) is 24.9. The fourth-order valence-corrected chi connectivity index (χ4v) is 5.91. The molecule has 0 saturated carbocycles. The third-order valence-corrected chi connectivity index (χ3v) is 8.19. The number of carbonyl (C=O) groups excluding carboxylic acids is 1. The van der Waals surface area contributed by atoms with Gasteiger partial charge in [-0.25, -0.2) is 13.4 Å². The van der Waals surface area contributed by atoms with Gasteiger partial charge >= 0.3 is 0 Å². The van der Waals surface area contributed by atoms with Crippen molar-refractivity contribution >= 4 is 44.8 Å². The van der Waals surface area contributed by atoms with Crippen LogP contribution in [0.2, 0.25) is 0 Å². The predicted molar refractivity (Wildman–Crippen MR) is 133 cm³/mol. The van der Waals surface area contributed by atoms with Gasteiger partial charge in [-0.3, -0.25) is 4.79 Å². The highest BCUT2D eigenvalue weighted by atomic mass is 32.2. The van der Waals surface area contributed by atoms with Crippen LogP contribution in [0.25, 0.3) is 0 Å². The minimum absolute atomic E-state index is 0.0908. The number of aliphatic hydroxyl groups excluding tert-OH is 1. The van der Waals surface area contributed by atoms with E-state index in [1.54, 1.807) is 25.4 Å². The first kappa shape index (κ1) is 23.2. The van der Waals surface area contributed by atoms with Crippen molar-refractivity contribution in [3.8, 4) is 0 Å². The first-order valence-corrected chi connectivity index (χ1v) is 12.6. The summed E-state index contributed by atoms with van der Waals surface area (Å²) in [5, 5.41) is 12.8. The highest BCUT2D eigenvalue weighted by Gasteiger charge is 2.32. The molecule has 0 unspecified atom stereocenters. The van der Waals surface area contributed by atoms with E-state index < -0.39 is 16.1 Å². The van der Waals surface area contributed by atoms with Crippen molar-refractivity contribution in [1.29, 1.82) is 0 Å². The molecule has 2 aliphatic rings. The number of amides is 1. The van der Waals surface area contributed by atoms with Crippen LogP contribution in [0, 0.1) is 6.92 Å². The van der Waals surface area contributed by atoms with Crippen LogP contribution in [0.1, 0.15) is 22.3 Å². The van der Waals surface area contributed by atoms with Gasteiger partial charge in [0.2, 0.25) is 16.0 Å². The summed E-state index contributed by atoms with van der Waals surface area (Å²) >= 11 is 0. The fourth-order valence-electron chi connectivity index (χ4n) is 4.37. The van der Waals surface area contributed by atoms with E-state index in [-0.39, 0.29) is 29.8 Å². The Labute approximate surface area is 203 Å². The van der Waals surface area contributed by atoms with Crippen LogP contribution < -0.4 is 15.1 Å². The lowest BCUT2D eigenvalue weighted by atomic mass is 10.1. The van der Waals surface area contributed by atoms with Crippen molar-refractivity contribution in [2.24, 2.45) is 0 Å². The molecule has 3 heterocycles. The summed E-state index contributed by atoms with van der Waals surface area (Å²) in [6.07, 6.45) is 1.35. The van der Waals surface area contributed by atoms with E-state index in [2.05, 4.69) is 15.3 Å². The Hall–Kier alpha value is -3.54. The molecule has 2 aromatic carbocycles. The number of hydrogen-bond acceptors (Lipinski definition) is 8. The molecule has 1 aromatic heterocycles. The van der Waals surface area contributed by atoms with Gasteiger partial charge in [-0.2, -0.15) is 9.29 Å². The zero-order valence-electron chi connectivity index (χ0n) is 19.6. The van der Waals surface area contributed by atoms with Crippen LogP contribution in [-0.4, -0.2) is 67.0 Å². The van der Waals surface area contributed by atoms with Gasteiger partial charge in [-0.1, -0.05) is 17.7 Å². The highest BCUT2D eigenvalue weighted by Crippen LogP contribution is 2.38. The quantitative estimate of drug-likeness (QED) is 0.568. The minimum Gasteiger partial charge on any atom is -0.392 e. The summed E-state index contributed by atoms with van der Waals surface area (Å²) in [7, 11) is -0.196. The van der Waals surface area contributed by atoms with Gasteiger partial charge < -0.3 is 20.2 Å². The Balaban J connectivity index is 1.47. The summed E-state index contributed by atoms with van der Waals surface area (Å²) in [6.45, 7) is 2.32. The molecule has 35 heavy (non-hydrogen) atoms. The number of β-amino-alcohol motifs (C(OH)–C–C–N with tert-alkyl or cyclic N) is 1. The molecule has 1 fully saturated rings. The number of aromatic nitrogens is 2. The van der Waals surface area contributed by atoms with E-state index in [9.17, 15) is 18.3 Å². The highest BCUT2D eigenvalue weighted by molar-refractivity contribution is 7.89. The number of nitrogens with one attached hydrogen (secondary N) is 1. The number of aliphatic hydroxyl groups is 1. The topological polar surface area (TPSA) is 119 Å². The van der Waals surface area contributed by atoms with Gasteiger partial charge in [-0.15, -0.1) is 0 Å². The van der Waals surface area contributed by atoms with E-state index in [0.717, 1.165) is 11.3 Å². The molecule has 2 aliphatic heterocycles. The van der Waals surface area contributed by atoms with Crippen molar-refractivity contribution in [2.45, 2.75) is 24.3 Å². The second kappa shape index (κ2) is 8.59. The maximum atomic E-state index is 13.1. The molecule has 1 atom stereocenters. The van der Waals surface area contributed by atoms with Crippen molar-refractivity contribution in [2.75, 3.05) is 42.3 Å². The Morgan fingerprint density at radius 3 is 2.63 bits per heavy atom. The number of benzene rings is 2. The lowest BCUT2D eigenvalue weighted by Gasteiger charge is -2.21. The zero-order valence-corrected chi connectivity index (χ0v) is 20.5. The summed E-state index contributed by atoms with van der Waals surface area (Å²) in [5.41, 5.74) is 3.35. The third-order valence-electron chi connectivity index (χ3n) is 6.33. The van der Waals surface area contributed by atoms with Crippen molar-refractivity contribution in [1.82, 2.24) is 14.3 Å². The second-order valence-corrected chi connectivity index (χ2v) is 10.7. The van der Waals surface area contributed by atoms with Gasteiger partial charge in [-0.05, 0) is 43.7 Å². The number of carbonyl (C=O) groups is 1. The number of nitrogens with zero attached hydrogens (tertiary/aromatic N) is 5. The van der Waals surface area contributed by atoms with Crippen molar-refractivity contribution < 1.29 is 18.3 Å². The molecule has 0 aliphatic carbocycles. The summed E-state index contributed by atoms with van der Waals surface area (Å²) in [6, 6.07) is 12.1. The normalized spacial score (nSPS) is 18.3. The Morgan fingerprint density at radius 1 is 1.09 bits per heavy atom. The van der Waals surface area contributed by atoms with E-state index in [0.29, 0.717) is 29.2 Å². The van der Waals surface area contributed by atoms with Crippen molar-refractivity contribution in [3.05, 3.63) is 59.8 Å². The van der Waals surface area contributed by atoms with E-state index >= 15 is 0 Å². The summed E-state index contributed by atoms with van der Waals surface area (Å²) < 4.78 is 27.2. The number of hydrogen-bond donors (Lipinski definition) is 2. The molecule has 3 aromatic rings. The molecule has 1 saturated heterocycles.